The van der Waals surface area contributed by atoms with Crippen LogP contribution in [0.4, 0.5) is 10.2 Å². The number of likely N-dealkylation sites (N-methyl/N-ethyl adjacent to an activating group) is 1. The number of nitrogens with zero attached hydrogens (tertiary/aromatic N) is 3. The number of halogens is 3. The monoisotopic (exact) mass is 510 g/mol. The van der Waals surface area contributed by atoms with Crippen molar-refractivity contribution in [2.75, 3.05) is 18.4 Å². The number of hydrogen-bond acceptors (Lipinski definition) is 3. The summed E-state index contributed by atoms with van der Waals surface area (Å²) in [5.74, 6) is -1.00. The Morgan fingerprint density at radius 1 is 0.971 bits per heavy atom. The van der Waals surface area contributed by atoms with Gasteiger partial charge in [0.15, 0.2) is 0 Å². The minimum absolute atomic E-state index is 0.173. The van der Waals surface area contributed by atoms with Crippen LogP contribution >= 0.6 is 23.2 Å². The third-order valence-electron chi connectivity index (χ3n) is 5.27. The molecule has 0 atom stereocenters. The maximum absolute atomic E-state index is 13.6. The van der Waals surface area contributed by atoms with Crippen LogP contribution in [0.2, 0.25) is 10.0 Å². The van der Waals surface area contributed by atoms with Crippen molar-refractivity contribution in [2.45, 2.75) is 6.92 Å². The molecule has 1 N–H and O–H groups in total. The van der Waals surface area contributed by atoms with Gasteiger partial charge in [-0.3, -0.25) is 9.59 Å². The lowest BCUT2D eigenvalue weighted by Gasteiger charge is -2.20. The van der Waals surface area contributed by atoms with Crippen molar-refractivity contribution < 1.29 is 14.0 Å². The van der Waals surface area contributed by atoms with Gasteiger partial charge in [-0.1, -0.05) is 59.6 Å². The average Bonchev–Trinajstić information content (AvgIpc) is 3.28. The molecule has 1 aromatic heterocycles. The van der Waals surface area contributed by atoms with E-state index in [0.29, 0.717) is 27.2 Å². The Hall–Kier alpha value is -3.68. The summed E-state index contributed by atoms with van der Waals surface area (Å²) in [6.45, 7) is 1.79. The number of anilines is 1. The maximum Gasteiger partial charge on any atom is 0.254 e. The molecule has 0 aliphatic heterocycles. The van der Waals surface area contributed by atoms with Gasteiger partial charge in [-0.2, -0.15) is 5.10 Å². The van der Waals surface area contributed by atoms with Gasteiger partial charge in [0.25, 0.3) is 5.91 Å². The van der Waals surface area contributed by atoms with Gasteiger partial charge < -0.3 is 10.2 Å². The van der Waals surface area contributed by atoms with E-state index >= 15 is 0 Å². The van der Waals surface area contributed by atoms with Crippen molar-refractivity contribution in [1.82, 2.24) is 14.7 Å². The number of benzene rings is 3. The largest absolute Gasteiger partial charge is 0.330 e. The molecule has 0 fully saturated rings. The Morgan fingerprint density at radius 2 is 1.74 bits per heavy atom. The van der Waals surface area contributed by atoms with E-state index in [1.54, 1.807) is 35.9 Å². The van der Waals surface area contributed by atoms with E-state index in [4.69, 9.17) is 23.2 Å². The van der Waals surface area contributed by atoms with E-state index in [2.05, 4.69) is 10.4 Å². The van der Waals surface area contributed by atoms with Crippen molar-refractivity contribution in [3.63, 3.8) is 0 Å². The first-order chi connectivity index (χ1) is 16.9. The third kappa shape index (κ3) is 5.70. The lowest BCUT2D eigenvalue weighted by atomic mass is 10.1. The summed E-state index contributed by atoms with van der Waals surface area (Å²) < 4.78 is 15.1. The number of amides is 2. The molecule has 4 aromatic rings. The lowest BCUT2D eigenvalue weighted by molar-refractivity contribution is -0.116. The van der Waals surface area contributed by atoms with Crippen LogP contribution < -0.4 is 5.32 Å². The van der Waals surface area contributed by atoms with Crippen LogP contribution in [0.1, 0.15) is 17.3 Å². The van der Waals surface area contributed by atoms with Gasteiger partial charge in [-0.05, 0) is 43.3 Å². The van der Waals surface area contributed by atoms with E-state index in [0.717, 1.165) is 11.6 Å². The van der Waals surface area contributed by atoms with Crippen LogP contribution in [0, 0.1) is 5.82 Å². The first-order valence-corrected chi connectivity index (χ1v) is 11.6. The molecule has 178 valence electrons. The van der Waals surface area contributed by atoms with Crippen molar-refractivity contribution in [1.29, 1.82) is 0 Å². The van der Waals surface area contributed by atoms with E-state index in [9.17, 15) is 14.0 Å². The van der Waals surface area contributed by atoms with E-state index in [1.165, 1.54) is 23.1 Å². The van der Waals surface area contributed by atoms with E-state index < -0.39 is 17.6 Å². The molecule has 1 heterocycles. The zero-order chi connectivity index (χ0) is 24.9. The molecule has 0 saturated carbocycles. The second-order valence-corrected chi connectivity index (χ2v) is 8.48. The van der Waals surface area contributed by atoms with Gasteiger partial charge in [0.2, 0.25) is 5.91 Å². The Kier molecular flexibility index (Phi) is 7.48. The fraction of sp³-hybridized carbons (Fsp3) is 0.115. The fourth-order valence-electron chi connectivity index (χ4n) is 3.52. The summed E-state index contributed by atoms with van der Waals surface area (Å²) in [6.07, 6.45) is 0. The normalized spacial score (nSPS) is 10.7. The zero-order valence-corrected chi connectivity index (χ0v) is 20.2. The Bertz CT molecular complexity index is 1380. The second kappa shape index (κ2) is 10.7. The van der Waals surface area contributed by atoms with Crippen molar-refractivity contribution >= 4 is 40.8 Å². The first-order valence-electron chi connectivity index (χ1n) is 10.8. The number of carbonyl (C=O) groups excluding carboxylic acids is 2. The quantitative estimate of drug-likeness (QED) is 0.327. The van der Waals surface area contributed by atoms with Gasteiger partial charge in [-0.15, -0.1) is 0 Å². The highest BCUT2D eigenvalue weighted by Crippen LogP contribution is 2.29. The second-order valence-electron chi connectivity index (χ2n) is 7.67. The number of hydrogen-bond donors (Lipinski definition) is 1. The molecule has 0 spiro atoms. The number of nitrogens with one attached hydrogen (secondary N) is 1. The molecule has 0 saturated heterocycles. The summed E-state index contributed by atoms with van der Waals surface area (Å²) in [5, 5.41) is 8.22. The molecule has 9 heteroatoms. The van der Waals surface area contributed by atoms with Crippen LogP contribution in [-0.4, -0.2) is 39.6 Å². The SMILES string of the molecule is CCN(CC(=O)Nc1cc(-c2ccccc2)nn1-c1ccc(Cl)c(Cl)c1)C(=O)c1cccc(F)c1. The molecule has 4 rings (SSSR count). The van der Waals surface area contributed by atoms with Gasteiger partial charge in [0, 0.05) is 23.7 Å². The summed E-state index contributed by atoms with van der Waals surface area (Å²) >= 11 is 12.3. The highest BCUT2D eigenvalue weighted by Gasteiger charge is 2.20. The molecule has 6 nitrogen and oxygen atoms in total. The predicted octanol–water partition coefficient (Wildman–Crippen LogP) is 6.09. The molecular weight excluding hydrogens is 490 g/mol. The van der Waals surface area contributed by atoms with Crippen LogP contribution in [0.3, 0.4) is 0 Å². The van der Waals surface area contributed by atoms with Crippen molar-refractivity contribution in [3.05, 3.63) is 100 Å². The smallest absolute Gasteiger partial charge is 0.254 e. The maximum atomic E-state index is 13.6. The molecule has 0 radical (unpaired) electrons. The van der Waals surface area contributed by atoms with Gasteiger partial charge >= 0.3 is 0 Å². The van der Waals surface area contributed by atoms with Crippen LogP contribution in [0.15, 0.2) is 78.9 Å². The molecule has 0 bridgehead atoms. The summed E-state index contributed by atoms with van der Waals surface area (Å²) in [7, 11) is 0. The Morgan fingerprint density at radius 3 is 2.43 bits per heavy atom. The Labute approximate surface area is 211 Å². The van der Waals surface area contributed by atoms with Crippen molar-refractivity contribution in [2.24, 2.45) is 0 Å². The van der Waals surface area contributed by atoms with Gasteiger partial charge in [0.05, 0.1) is 21.4 Å². The van der Waals surface area contributed by atoms with E-state index in [-0.39, 0.29) is 18.7 Å². The first kappa shape index (κ1) is 24.4. The molecule has 0 aliphatic rings. The standard InChI is InChI=1S/C26H21Cl2FN4O2/c1-2-32(26(35)18-9-6-10-19(29)13-18)16-25(34)30-24-15-23(17-7-4-3-5-8-17)31-33(24)20-11-12-21(27)22(28)14-20/h3-15H,2,16H2,1H3,(H,30,34). The highest BCUT2D eigenvalue weighted by molar-refractivity contribution is 6.42. The number of aromatic nitrogens is 2. The molecule has 2 amide bonds. The van der Waals surface area contributed by atoms with E-state index in [1.807, 2.05) is 30.3 Å². The minimum Gasteiger partial charge on any atom is -0.330 e. The summed E-state index contributed by atoms with van der Waals surface area (Å²) in [6, 6.07) is 21.6. The molecular formula is C26H21Cl2FN4O2. The molecule has 35 heavy (non-hydrogen) atoms. The minimum atomic E-state index is -0.518. The average molecular weight is 511 g/mol. The van der Waals surface area contributed by atoms with Crippen molar-refractivity contribution in [3.8, 4) is 16.9 Å². The lowest BCUT2D eigenvalue weighted by Crippen LogP contribution is -2.38. The van der Waals surface area contributed by atoms with Gasteiger partial charge in [-0.25, -0.2) is 9.07 Å². The fourth-order valence-corrected chi connectivity index (χ4v) is 3.81. The summed E-state index contributed by atoms with van der Waals surface area (Å²) in [4.78, 5) is 27.1. The van der Waals surface area contributed by atoms with Crippen LogP contribution in [0.25, 0.3) is 16.9 Å². The molecule has 0 unspecified atom stereocenters. The predicted molar refractivity (Wildman–Crippen MR) is 136 cm³/mol. The number of rotatable bonds is 7. The summed E-state index contributed by atoms with van der Waals surface area (Å²) in [5.41, 5.74) is 2.26. The van der Waals surface area contributed by atoms with Crippen LogP contribution in [-0.2, 0) is 4.79 Å². The molecule has 3 aromatic carbocycles. The van der Waals surface area contributed by atoms with Crippen LogP contribution in [0.5, 0.6) is 0 Å². The zero-order valence-electron chi connectivity index (χ0n) is 18.7. The Balaban J connectivity index is 1.61. The van der Waals surface area contributed by atoms with Gasteiger partial charge in [0.1, 0.15) is 18.2 Å². The molecule has 0 aliphatic carbocycles. The third-order valence-corrected chi connectivity index (χ3v) is 6.01. The topological polar surface area (TPSA) is 67.2 Å². The highest BCUT2D eigenvalue weighted by atomic mass is 35.5. The number of carbonyl (C=O) groups is 2.